The van der Waals surface area contributed by atoms with Crippen LogP contribution in [-0.4, -0.2) is 47.4 Å². The lowest BCUT2D eigenvalue weighted by molar-refractivity contribution is -0.136. The van der Waals surface area contributed by atoms with Crippen molar-refractivity contribution in [3.63, 3.8) is 0 Å². The minimum absolute atomic E-state index is 0.0746. The van der Waals surface area contributed by atoms with E-state index in [2.05, 4.69) is 16.7 Å². The number of fused-ring (bicyclic) bond motifs is 2. The van der Waals surface area contributed by atoms with Crippen molar-refractivity contribution in [1.82, 2.24) is 15.5 Å². The van der Waals surface area contributed by atoms with Gasteiger partial charge in [0, 0.05) is 37.0 Å². The summed E-state index contributed by atoms with van der Waals surface area (Å²) in [6.45, 7) is 1.32. The minimum Gasteiger partial charge on any atom is -0.489 e. The Bertz CT molecular complexity index is 1100. The molecule has 2 bridgehead atoms. The van der Waals surface area contributed by atoms with E-state index in [4.69, 9.17) is 4.74 Å². The molecule has 4 saturated carbocycles. The van der Waals surface area contributed by atoms with Crippen LogP contribution in [0.1, 0.15) is 73.7 Å². The second-order valence-corrected chi connectivity index (χ2v) is 11.3. The van der Waals surface area contributed by atoms with E-state index in [0.29, 0.717) is 29.9 Å². The van der Waals surface area contributed by atoms with Crippen LogP contribution in [0.5, 0.6) is 5.75 Å². The van der Waals surface area contributed by atoms with E-state index >= 15 is 0 Å². The van der Waals surface area contributed by atoms with Gasteiger partial charge in [0.05, 0.1) is 6.07 Å². The fourth-order valence-corrected chi connectivity index (χ4v) is 7.12. The lowest BCUT2D eigenvalue weighted by Gasteiger charge is -2.41. The summed E-state index contributed by atoms with van der Waals surface area (Å²) < 4.78 is 6.48. The summed E-state index contributed by atoms with van der Waals surface area (Å²) >= 11 is 0. The van der Waals surface area contributed by atoms with Crippen LogP contribution in [0.4, 0.5) is 0 Å². The smallest absolute Gasteiger partial charge is 0.255 e. The largest absolute Gasteiger partial charge is 0.489 e. The van der Waals surface area contributed by atoms with Crippen LogP contribution in [0.15, 0.2) is 18.2 Å². The molecule has 7 rings (SSSR count). The first-order valence-corrected chi connectivity index (χ1v) is 13.0. The molecule has 0 spiro atoms. The number of nitrogens with one attached hydrogen (secondary N) is 2. The van der Waals surface area contributed by atoms with Crippen molar-refractivity contribution in [1.29, 1.82) is 5.26 Å². The molecule has 0 radical (unpaired) electrons. The Labute approximate surface area is 205 Å². The van der Waals surface area contributed by atoms with Crippen LogP contribution in [0.2, 0.25) is 0 Å². The highest BCUT2D eigenvalue weighted by Gasteiger charge is 2.56. The zero-order chi connectivity index (χ0) is 24.2. The van der Waals surface area contributed by atoms with Crippen LogP contribution < -0.4 is 15.4 Å². The summed E-state index contributed by atoms with van der Waals surface area (Å²) in [5.74, 6) is 0.765. The van der Waals surface area contributed by atoms with E-state index in [1.165, 1.54) is 19.3 Å². The van der Waals surface area contributed by atoms with Gasteiger partial charge in [-0.05, 0) is 80.0 Å². The zero-order valence-corrected chi connectivity index (χ0v) is 19.9. The maximum Gasteiger partial charge on any atom is 0.255 e. The van der Waals surface area contributed by atoms with Gasteiger partial charge in [-0.1, -0.05) is 6.42 Å². The molecule has 4 atom stereocenters. The van der Waals surface area contributed by atoms with Crippen LogP contribution in [-0.2, 0) is 16.1 Å². The van der Waals surface area contributed by atoms with Gasteiger partial charge in [0.2, 0.25) is 11.8 Å². The number of nitriles is 1. The Morgan fingerprint density at radius 2 is 1.97 bits per heavy atom. The second kappa shape index (κ2) is 8.63. The quantitative estimate of drug-likeness (QED) is 0.611. The van der Waals surface area contributed by atoms with Gasteiger partial charge in [-0.15, -0.1) is 0 Å². The normalized spacial score (nSPS) is 35.8. The number of benzene rings is 1. The minimum atomic E-state index is -0.606. The van der Waals surface area contributed by atoms with Crippen LogP contribution in [0.3, 0.4) is 0 Å². The Morgan fingerprint density at radius 3 is 2.74 bits per heavy atom. The number of carbonyl (C=O) groups excluding carboxylic acids is 3. The molecular formula is C27H32N4O4. The number of imide groups is 1. The van der Waals surface area contributed by atoms with Gasteiger partial charge in [0.25, 0.3) is 5.91 Å². The van der Waals surface area contributed by atoms with Gasteiger partial charge in [-0.2, -0.15) is 5.26 Å². The molecule has 8 nitrogen and oxygen atoms in total. The first-order chi connectivity index (χ1) is 16.9. The zero-order valence-electron chi connectivity index (χ0n) is 19.9. The average Bonchev–Trinajstić information content (AvgIpc) is 3.47. The van der Waals surface area contributed by atoms with Crippen molar-refractivity contribution in [2.75, 3.05) is 6.54 Å². The van der Waals surface area contributed by atoms with Crippen molar-refractivity contribution < 1.29 is 19.1 Å². The molecule has 0 aromatic heterocycles. The molecule has 2 heterocycles. The molecule has 2 aliphatic heterocycles. The number of hydrogen-bond donors (Lipinski definition) is 2. The van der Waals surface area contributed by atoms with Crippen molar-refractivity contribution in [2.24, 2.45) is 17.3 Å². The van der Waals surface area contributed by atoms with E-state index in [1.807, 2.05) is 12.1 Å². The third-order valence-corrected chi connectivity index (χ3v) is 9.00. The Balaban J connectivity index is 1.10. The molecule has 1 saturated heterocycles. The number of nitrogens with zero attached hydrogens (tertiary/aromatic N) is 2. The van der Waals surface area contributed by atoms with Gasteiger partial charge in [0.1, 0.15) is 17.9 Å². The Hall–Kier alpha value is -2.92. The standard InChI is InChI=1S/C27H32N4O4/c28-13-18-12-27(10-17(18)11-27)15-29-21-3-1-2-4-23(21)35-19-5-6-20-16(9-19)14-31(26(20)34)22-7-8-24(32)30-25(22)33/h5-6,9,17-18,21-23,29H,1-4,7-8,10-12,14-15H2,(H,30,32,33). The monoisotopic (exact) mass is 476 g/mol. The highest BCUT2D eigenvalue weighted by atomic mass is 16.5. The van der Waals surface area contributed by atoms with E-state index in [9.17, 15) is 19.6 Å². The summed E-state index contributed by atoms with van der Waals surface area (Å²) in [7, 11) is 0. The van der Waals surface area contributed by atoms with Gasteiger partial charge in [-0.3, -0.25) is 19.7 Å². The highest BCUT2D eigenvalue weighted by Crippen LogP contribution is 2.61. The van der Waals surface area contributed by atoms with Gasteiger partial charge in [-0.25, -0.2) is 0 Å². The van der Waals surface area contributed by atoms with E-state index in [1.54, 1.807) is 11.0 Å². The number of rotatable bonds is 6. The van der Waals surface area contributed by atoms with Crippen molar-refractivity contribution in [2.45, 2.75) is 82.5 Å². The molecule has 1 aromatic carbocycles. The molecule has 35 heavy (non-hydrogen) atoms. The average molecular weight is 477 g/mol. The molecule has 1 aromatic rings. The molecule has 4 unspecified atom stereocenters. The summed E-state index contributed by atoms with van der Waals surface area (Å²) in [5.41, 5.74) is 1.78. The maximum atomic E-state index is 13.0. The molecular weight excluding hydrogens is 444 g/mol. The Kier molecular flexibility index (Phi) is 5.56. The lowest BCUT2D eigenvalue weighted by Crippen LogP contribution is -2.52. The molecule has 5 fully saturated rings. The van der Waals surface area contributed by atoms with E-state index in [0.717, 1.165) is 43.5 Å². The first-order valence-electron chi connectivity index (χ1n) is 13.0. The van der Waals surface area contributed by atoms with Gasteiger partial charge in [0.15, 0.2) is 0 Å². The summed E-state index contributed by atoms with van der Waals surface area (Å²) in [6.07, 6.45) is 8.48. The van der Waals surface area contributed by atoms with Crippen molar-refractivity contribution in [3.05, 3.63) is 29.3 Å². The Morgan fingerprint density at radius 1 is 1.14 bits per heavy atom. The lowest BCUT2D eigenvalue weighted by atomic mass is 9.69. The predicted octanol–water partition coefficient (Wildman–Crippen LogP) is 2.67. The number of amides is 3. The fraction of sp³-hybridized carbons (Fsp3) is 0.630. The van der Waals surface area contributed by atoms with Gasteiger partial charge < -0.3 is 15.0 Å². The molecule has 2 N–H and O–H groups in total. The topological polar surface area (TPSA) is 112 Å². The molecule has 3 amide bonds. The van der Waals surface area contributed by atoms with Crippen molar-refractivity contribution >= 4 is 17.7 Å². The number of hydrogen-bond acceptors (Lipinski definition) is 6. The van der Waals surface area contributed by atoms with Gasteiger partial charge >= 0.3 is 0 Å². The third kappa shape index (κ3) is 4.00. The fourth-order valence-electron chi connectivity index (χ4n) is 7.12. The summed E-state index contributed by atoms with van der Waals surface area (Å²) in [5, 5.41) is 15.5. The summed E-state index contributed by atoms with van der Waals surface area (Å²) in [6, 6.07) is 7.78. The van der Waals surface area contributed by atoms with E-state index < -0.39 is 11.9 Å². The van der Waals surface area contributed by atoms with Crippen LogP contribution in [0, 0.1) is 28.6 Å². The SMILES string of the molecule is N#CC1CC2(CNC3CCCCC3Oc3ccc4c(c3)CN(C3CCC(=O)NC3=O)C4=O)CC1C2. The van der Waals surface area contributed by atoms with Crippen LogP contribution in [0.25, 0.3) is 0 Å². The third-order valence-electron chi connectivity index (χ3n) is 9.00. The molecule has 8 heteroatoms. The number of carbonyl (C=O) groups is 3. The molecule has 6 aliphatic rings. The van der Waals surface area contributed by atoms with E-state index in [-0.39, 0.29) is 36.3 Å². The highest BCUT2D eigenvalue weighted by molar-refractivity contribution is 6.05. The molecule has 184 valence electrons. The number of ether oxygens (including phenoxy) is 1. The first kappa shape index (κ1) is 22.5. The summed E-state index contributed by atoms with van der Waals surface area (Å²) in [4.78, 5) is 38.3. The maximum absolute atomic E-state index is 13.0. The van der Waals surface area contributed by atoms with Crippen LogP contribution >= 0.6 is 0 Å². The second-order valence-electron chi connectivity index (χ2n) is 11.3. The predicted molar refractivity (Wildman–Crippen MR) is 126 cm³/mol. The molecule has 4 aliphatic carbocycles. The van der Waals surface area contributed by atoms with Crippen molar-refractivity contribution in [3.8, 4) is 11.8 Å². The number of piperidine rings is 1.